The maximum atomic E-state index is 12.5. The second-order valence-corrected chi connectivity index (χ2v) is 16.0. The van der Waals surface area contributed by atoms with E-state index in [0.29, 0.717) is 12.0 Å². The number of benzene rings is 4. The van der Waals surface area contributed by atoms with Crippen LogP contribution in [-0.2, 0) is 4.79 Å². The molecule has 0 aromatic heterocycles. The van der Waals surface area contributed by atoms with Crippen molar-refractivity contribution in [2.45, 2.75) is 76.4 Å². The Morgan fingerprint density at radius 3 is 1.75 bits per heavy atom. The van der Waals surface area contributed by atoms with E-state index < -0.39 is 30.9 Å². The molecule has 4 aromatic rings. The highest BCUT2D eigenvalue weighted by Crippen LogP contribution is 2.62. The summed E-state index contributed by atoms with van der Waals surface area (Å²) in [4.78, 5) is 22.8. The van der Waals surface area contributed by atoms with Crippen LogP contribution in [0.2, 0.25) is 0 Å². The summed E-state index contributed by atoms with van der Waals surface area (Å²) < 4.78 is 0. The zero-order chi connectivity index (χ0) is 33.1. The summed E-state index contributed by atoms with van der Waals surface area (Å²) in [5.41, 5.74) is 3.14. The number of amides is 1. The molecule has 48 heavy (non-hydrogen) atoms. The predicted molar refractivity (Wildman–Crippen MR) is 192 cm³/mol. The topological polar surface area (TPSA) is 113 Å². The monoisotopic (exact) mass is 688 g/mol. The van der Waals surface area contributed by atoms with Crippen molar-refractivity contribution in [3.05, 3.63) is 119 Å². The average molecular weight is 689 g/mol. The predicted octanol–water partition coefficient (Wildman–Crippen LogP) is 3.98. The number of nitrogens with one attached hydrogen (secondary N) is 1. The molecule has 1 amide bonds. The third kappa shape index (κ3) is 8.69. The van der Waals surface area contributed by atoms with Crippen LogP contribution in [0.3, 0.4) is 0 Å². The molecule has 0 unspecified atom stereocenters. The van der Waals surface area contributed by atoms with Crippen LogP contribution >= 0.6 is 7.26 Å². The molecule has 7 nitrogen and oxygen atoms in total. The van der Waals surface area contributed by atoms with Gasteiger partial charge < -0.3 is 27.9 Å². The number of nitro groups is 1. The van der Waals surface area contributed by atoms with Crippen LogP contribution in [0.25, 0.3) is 11.1 Å². The maximum absolute atomic E-state index is 12.5. The Morgan fingerprint density at radius 1 is 0.708 bits per heavy atom. The standard InChI is InChI=1S/C39H45N2O5P.ClH/c42-29-35(39(44)30-24-26-31(27-25-30)41(45)46)40-38(43)23-11-6-4-2-1-3-5-7-16-28-47(32-17-9-8-10-18-32)36-21-14-12-19-33(36)34-20-13-15-22-37(34)47;/h8-10,12-15,17-22,24-27,35,39,42,44H,1-7,11,16,23,28-29H2;1H/t35-,39-;/m1./s1. The van der Waals surface area contributed by atoms with Crippen molar-refractivity contribution >= 4 is 34.8 Å². The van der Waals surface area contributed by atoms with E-state index in [1.807, 2.05) is 0 Å². The van der Waals surface area contributed by atoms with Gasteiger partial charge in [-0.1, -0.05) is 93.1 Å². The summed E-state index contributed by atoms with van der Waals surface area (Å²) in [6, 6.07) is 33.9. The first kappa shape index (κ1) is 37.2. The Kier molecular flexibility index (Phi) is 14.1. The van der Waals surface area contributed by atoms with Gasteiger partial charge in [0.15, 0.2) is 0 Å². The third-order valence-corrected chi connectivity index (χ3v) is 14.0. The van der Waals surface area contributed by atoms with Gasteiger partial charge in [0.2, 0.25) is 5.91 Å². The molecule has 0 fully saturated rings. The highest BCUT2D eigenvalue weighted by Gasteiger charge is 2.52. The van der Waals surface area contributed by atoms with Crippen LogP contribution in [0.5, 0.6) is 0 Å². The molecule has 254 valence electrons. The van der Waals surface area contributed by atoms with Crippen LogP contribution in [0.1, 0.15) is 75.9 Å². The van der Waals surface area contributed by atoms with E-state index in [1.54, 1.807) is 0 Å². The fourth-order valence-electron chi connectivity index (χ4n) is 6.93. The lowest BCUT2D eigenvalue weighted by atomic mass is 10.0. The smallest absolute Gasteiger partial charge is 0.269 e. The molecular formula is C39H46ClN2O5P. The number of halogens is 1. The maximum Gasteiger partial charge on any atom is 0.269 e. The van der Waals surface area contributed by atoms with E-state index >= 15 is 0 Å². The number of carbonyl (C=O) groups excluding carboxylic acids is 1. The number of hydrogen-bond acceptors (Lipinski definition) is 5. The SMILES string of the molecule is O=C(CCCCCCCCCCC[P+]1(c2ccccc2)c2ccccc2-c2ccccc21)N[C@H](CO)[C@H](O)c1ccc([N+](=O)[O-])cc1.[Cl-]. The number of nitro benzene ring substituents is 1. The molecule has 0 bridgehead atoms. The van der Waals surface area contributed by atoms with Crippen LogP contribution < -0.4 is 33.6 Å². The minimum Gasteiger partial charge on any atom is -1.00 e. The molecule has 3 N–H and O–H groups in total. The number of unbranched alkanes of at least 4 members (excludes halogenated alkanes) is 8. The van der Waals surface area contributed by atoms with E-state index in [9.17, 15) is 25.1 Å². The molecule has 4 aromatic carbocycles. The first-order valence-electron chi connectivity index (χ1n) is 16.9. The van der Waals surface area contributed by atoms with Crippen molar-refractivity contribution in [1.82, 2.24) is 5.32 Å². The number of aliphatic hydroxyl groups is 2. The van der Waals surface area contributed by atoms with E-state index in [4.69, 9.17) is 0 Å². The van der Waals surface area contributed by atoms with Crippen molar-refractivity contribution in [3.8, 4) is 11.1 Å². The van der Waals surface area contributed by atoms with Gasteiger partial charge in [0, 0.05) is 29.7 Å². The molecule has 1 heterocycles. The van der Waals surface area contributed by atoms with Crippen LogP contribution in [0, 0.1) is 10.1 Å². The zero-order valence-corrected chi connectivity index (χ0v) is 29.0. The van der Waals surface area contributed by atoms with Crippen LogP contribution in [0.4, 0.5) is 5.69 Å². The fraction of sp³-hybridized carbons (Fsp3) is 0.359. The highest BCUT2D eigenvalue weighted by molar-refractivity contribution is 7.96. The van der Waals surface area contributed by atoms with Gasteiger partial charge in [0.25, 0.3) is 5.69 Å². The minimum absolute atomic E-state index is 0. The van der Waals surface area contributed by atoms with Crippen molar-refractivity contribution < 1.29 is 32.3 Å². The number of hydrogen-bond donors (Lipinski definition) is 3. The quantitative estimate of drug-likeness (QED) is 0.0634. The number of aliphatic hydroxyl groups excluding tert-OH is 2. The lowest BCUT2D eigenvalue weighted by molar-refractivity contribution is -0.384. The first-order valence-corrected chi connectivity index (χ1v) is 18.9. The summed E-state index contributed by atoms with van der Waals surface area (Å²) in [5, 5.41) is 38.4. The lowest BCUT2D eigenvalue weighted by Crippen LogP contribution is -3.00. The summed E-state index contributed by atoms with van der Waals surface area (Å²) in [5.74, 6) is -0.214. The summed E-state index contributed by atoms with van der Waals surface area (Å²) >= 11 is 0. The van der Waals surface area contributed by atoms with Gasteiger partial charge in [-0.15, -0.1) is 0 Å². The molecule has 0 saturated carbocycles. The average Bonchev–Trinajstić information content (AvgIpc) is 3.40. The van der Waals surface area contributed by atoms with Gasteiger partial charge >= 0.3 is 0 Å². The van der Waals surface area contributed by atoms with Gasteiger partial charge in [-0.05, 0) is 61.2 Å². The highest BCUT2D eigenvalue weighted by atomic mass is 35.5. The van der Waals surface area contributed by atoms with E-state index in [1.165, 1.54) is 89.6 Å². The van der Waals surface area contributed by atoms with Gasteiger partial charge in [-0.3, -0.25) is 14.9 Å². The van der Waals surface area contributed by atoms with E-state index in [-0.39, 0.29) is 24.0 Å². The second kappa shape index (κ2) is 18.2. The molecule has 1 aliphatic heterocycles. The largest absolute Gasteiger partial charge is 1.00 e. The summed E-state index contributed by atoms with van der Waals surface area (Å²) in [7, 11) is -1.68. The van der Waals surface area contributed by atoms with Gasteiger partial charge in [0.05, 0.1) is 23.7 Å². The van der Waals surface area contributed by atoms with Crippen molar-refractivity contribution in [2.75, 3.05) is 12.8 Å². The number of nitrogens with zero attached hydrogens (tertiary/aromatic N) is 1. The molecule has 1 aliphatic rings. The van der Waals surface area contributed by atoms with E-state index in [2.05, 4.69) is 84.2 Å². The van der Waals surface area contributed by atoms with Crippen LogP contribution in [0.15, 0.2) is 103 Å². The molecule has 0 spiro atoms. The number of fused-ring (bicyclic) bond motifs is 3. The first-order chi connectivity index (χ1) is 23.0. The van der Waals surface area contributed by atoms with Crippen LogP contribution in [-0.4, -0.2) is 39.9 Å². The minimum atomic E-state index is -1.68. The van der Waals surface area contributed by atoms with Gasteiger partial charge in [-0.2, -0.15) is 0 Å². The van der Waals surface area contributed by atoms with Crippen molar-refractivity contribution in [3.63, 3.8) is 0 Å². The van der Waals surface area contributed by atoms with E-state index in [0.717, 1.165) is 25.7 Å². The van der Waals surface area contributed by atoms with Gasteiger partial charge in [0.1, 0.15) is 29.3 Å². The molecule has 0 radical (unpaired) electrons. The second-order valence-electron chi connectivity index (χ2n) is 12.5. The molecule has 9 heteroatoms. The van der Waals surface area contributed by atoms with Gasteiger partial charge in [-0.25, -0.2) is 0 Å². The Balaban J connectivity index is 0.00000520. The third-order valence-electron chi connectivity index (χ3n) is 9.38. The Bertz CT molecular complexity index is 1570. The molecule has 0 aliphatic carbocycles. The normalized spacial score (nSPS) is 13.9. The Hall–Kier alpha value is -3.61. The van der Waals surface area contributed by atoms with Crippen molar-refractivity contribution in [1.29, 1.82) is 0 Å². The Labute approximate surface area is 290 Å². The molecular weight excluding hydrogens is 643 g/mol. The molecule has 2 atom stereocenters. The summed E-state index contributed by atoms with van der Waals surface area (Å²) in [6.45, 7) is -0.431. The van der Waals surface area contributed by atoms with Crippen molar-refractivity contribution in [2.24, 2.45) is 0 Å². The zero-order valence-electron chi connectivity index (χ0n) is 27.3. The summed E-state index contributed by atoms with van der Waals surface area (Å²) in [6.07, 6.45) is 10.5. The number of non-ortho nitro benzene ring substituents is 1. The number of carbonyl (C=O) groups is 1. The lowest BCUT2D eigenvalue weighted by Gasteiger charge is -2.24. The number of rotatable bonds is 18. The fourth-order valence-corrected chi connectivity index (χ4v) is 11.8. The molecule has 5 rings (SSSR count). The Morgan fingerprint density at radius 2 is 1.21 bits per heavy atom. The molecule has 0 saturated heterocycles.